The van der Waals surface area contributed by atoms with Gasteiger partial charge in [0.1, 0.15) is 0 Å². The molecule has 1 fully saturated rings. The molecule has 3 unspecified atom stereocenters. The number of aliphatic hydroxyl groups is 1. The summed E-state index contributed by atoms with van der Waals surface area (Å²) in [6.07, 6.45) is 1.78. The maximum atomic E-state index is 9.93. The van der Waals surface area contributed by atoms with Gasteiger partial charge >= 0.3 is 0 Å². The van der Waals surface area contributed by atoms with Gasteiger partial charge in [0, 0.05) is 25.2 Å². The van der Waals surface area contributed by atoms with E-state index in [1.807, 2.05) is 0 Å². The minimum atomic E-state index is -0.177. The number of nitrogens with zero attached hydrogens (tertiary/aromatic N) is 1. The maximum Gasteiger partial charge on any atom is 0.0566 e. The first-order valence-corrected chi connectivity index (χ1v) is 6.57. The summed E-state index contributed by atoms with van der Waals surface area (Å²) in [5, 5.41) is 9.93. The van der Waals surface area contributed by atoms with E-state index in [1.165, 1.54) is 0 Å². The SMILES string of the molecule is CC(C)C(O)CC1CC(N)CN(C(C)C)C1. The molecular formula is C13H28N2O. The molecule has 0 aliphatic carbocycles. The van der Waals surface area contributed by atoms with Gasteiger partial charge in [-0.2, -0.15) is 0 Å². The van der Waals surface area contributed by atoms with E-state index in [4.69, 9.17) is 5.73 Å². The lowest BCUT2D eigenvalue weighted by Gasteiger charge is -2.39. The van der Waals surface area contributed by atoms with Crippen molar-refractivity contribution in [1.82, 2.24) is 4.90 Å². The zero-order valence-corrected chi connectivity index (χ0v) is 11.2. The molecule has 0 spiro atoms. The molecule has 0 radical (unpaired) electrons. The highest BCUT2D eigenvalue weighted by atomic mass is 16.3. The summed E-state index contributed by atoms with van der Waals surface area (Å²) in [7, 11) is 0. The van der Waals surface area contributed by atoms with Crippen LogP contribution in [0.4, 0.5) is 0 Å². The predicted octanol–water partition coefficient (Wildman–Crippen LogP) is 1.45. The molecule has 3 nitrogen and oxygen atoms in total. The van der Waals surface area contributed by atoms with E-state index in [2.05, 4.69) is 32.6 Å². The van der Waals surface area contributed by atoms with E-state index in [1.54, 1.807) is 0 Å². The summed E-state index contributed by atoms with van der Waals surface area (Å²) >= 11 is 0. The van der Waals surface area contributed by atoms with Gasteiger partial charge < -0.3 is 10.8 Å². The zero-order chi connectivity index (χ0) is 12.3. The van der Waals surface area contributed by atoms with E-state index in [9.17, 15) is 5.11 Å². The molecule has 1 aliphatic rings. The Morgan fingerprint density at radius 3 is 2.38 bits per heavy atom. The Balaban J connectivity index is 2.47. The normalized spacial score (nSPS) is 30.0. The molecule has 0 amide bonds. The monoisotopic (exact) mass is 228 g/mol. The lowest BCUT2D eigenvalue weighted by molar-refractivity contribution is 0.0572. The lowest BCUT2D eigenvalue weighted by atomic mass is 9.86. The zero-order valence-electron chi connectivity index (χ0n) is 11.2. The van der Waals surface area contributed by atoms with Crippen molar-refractivity contribution in [1.29, 1.82) is 0 Å². The van der Waals surface area contributed by atoms with Gasteiger partial charge in [-0.1, -0.05) is 13.8 Å². The summed E-state index contributed by atoms with van der Waals surface area (Å²) in [6, 6.07) is 0.838. The Kier molecular flexibility index (Phi) is 5.22. The minimum absolute atomic E-state index is 0.177. The van der Waals surface area contributed by atoms with Crippen molar-refractivity contribution in [3.05, 3.63) is 0 Å². The van der Waals surface area contributed by atoms with Gasteiger partial charge in [-0.3, -0.25) is 4.90 Å². The molecule has 3 N–H and O–H groups in total. The topological polar surface area (TPSA) is 49.5 Å². The number of piperidine rings is 1. The highest BCUT2D eigenvalue weighted by Gasteiger charge is 2.28. The molecule has 1 rings (SSSR count). The average Bonchev–Trinajstić information content (AvgIpc) is 2.16. The van der Waals surface area contributed by atoms with Crippen molar-refractivity contribution < 1.29 is 5.11 Å². The van der Waals surface area contributed by atoms with Crippen molar-refractivity contribution in [3.8, 4) is 0 Å². The second kappa shape index (κ2) is 5.99. The Morgan fingerprint density at radius 2 is 1.88 bits per heavy atom. The van der Waals surface area contributed by atoms with Gasteiger partial charge in [-0.25, -0.2) is 0 Å². The molecule has 0 aromatic rings. The highest BCUT2D eigenvalue weighted by Crippen LogP contribution is 2.24. The molecule has 3 heteroatoms. The van der Waals surface area contributed by atoms with Crippen LogP contribution in [0.1, 0.15) is 40.5 Å². The minimum Gasteiger partial charge on any atom is -0.393 e. The summed E-state index contributed by atoms with van der Waals surface area (Å²) < 4.78 is 0. The Hall–Kier alpha value is -0.120. The number of hydrogen-bond acceptors (Lipinski definition) is 3. The molecule has 0 saturated carbocycles. The molecule has 1 saturated heterocycles. The standard InChI is InChI=1S/C13H28N2O/c1-9(2)13(16)6-11-5-12(14)8-15(7-11)10(3)4/h9-13,16H,5-8,14H2,1-4H3. The summed E-state index contributed by atoms with van der Waals surface area (Å²) in [5.41, 5.74) is 6.08. The Morgan fingerprint density at radius 1 is 1.25 bits per heavy atom. The van der Waals surface area contributed by atoms with Gasteiger partial charge in [0.05, 0.1) is 6.10 Å². The summed E-state index contributed by atoms with van der Waals surface area (Å²) in [6.45, 7) is 10.7. The molecule has 3 atom stereocenters. The fourth-order valence-electron chi connectivity index (χ4n) is 2.49. The van der Waals surface area contributed by atoms with Crippen LogP contribution >= 0.6 is 0 Å². The van der Waals surface area contributed by atoms with Crippen LogP contribution in [0.3, 0.4) is 0 Å². The van der Waals surface area contributed by atoms with Gasteiger partial charge in [0.2, 0.25) is 0 Å². The number of aliphatic hydroxyl groups excluding tert-OH is 1. The lowest BCUT2D eigenvalue weighted by Crippen LogP contribution is -2.50. The van der Waals surface area contributed by atoms with Crippen LogP contribution < -0.4 is 5.73 Å². The molecule has 1 heterocycles. The first kappa shape index (κ1) is 13.9. The Bertz CT molecular complexity index is 204. The van der Waals surface area contributed by atoms with Crippen LogP contribution in [0.15, 0.2) is 0 Å². The van der Waals surface area contributed by atoms with Crippen molar-refractivity contribution in [3.63, 3.8) is 0 Å². The second-order valence-corrected chi connectivity index (χ2v) is 5.96. The number of nitrogens with two attached hydrogens (primary N) is 1. The molecule has 0 aromatic carbocycles. The van der Waals surface area contributed by atoms with Gasteiger partial charge in [0.25, 0.3) is 0 Å². The predicted molar refractivity (Wildman–Crippen MR) is 68.3 cm³/mol. The average molecular weight is 228 g/mol. The summed E-state index contributed by atoms with van der Waals surface area (Å²) in [4.78, 5) is 2.44. The van der Waals surface area contributed by atoms with Crippen LogP contribution in [-0.2, 0) is 0 Å². The van der Waals surface area contributed by atoms with Crippen LogP contribution in [0.2, 0.25) is 0 Å². The first-order valence-electron chi connectivity index (χ1n) is 6.57. The molecule has 1 aliphatic heterocycles. The summed E-state index contributed by atoms with van der Waals surface area (Å²) in [5.74, 6) is 0.911. The number of likely N-dealkylation sites (tertiary alicyclic amines) is 1. The number of hydrogen-bond donors (Lipinski definition) is 2. The van der Waals surface area contributed by atoms with E-state index < -0.39 is 0 Å². The number of rotatable bonds is 4. The quantitative estimate of drug-likeness (QED) is 0.766. The van der Waals surface area contributed by atoms with Crippen molar-refractivity contribution in [2.75, 3.05) is 13.1 Å². The second-order valence-electron chi connectivity index (χ2n) is 5.96. The first-order chi connectivity index (χ1) is 7.40. The van der Waals surface area contributed by atoms with E-state index in [-0.39, 0.29) is 12.1 Å². The third kappa shape index (κ3) is 4.04. The van der Waals surface area contributed by atoms with Crippen LogP contribution in [0.25, 0.3) is 0 Å². The molecule has 96 valence electrons. The third-order valence-electron chi connectivity index (χ3n) is 3.67. The van der Waals surface area contributed by atoms with Crippen molar-refractivity contribution in [2.24, 2.45) is 17.6 Å². The molecule has 16 heavy (non-hydrogen) atoms. The molecular weight excluding hydrogens is 200 g/mol. The van der Waals surface area contributed by atoms with Crippen molar-refractivity contribution >= 4 is 0 Å². The van der Waals surface area contributed by atoms with Gasteiger partial charge in [-0.15, -0.1) is 0 Å². The molecule has 0 aromatic heterocycles. The van der Waals surface area contributed by atoms with E-state index in [0.717, 1.165) is 25.9 Å². The Labute approximate surface area is 100 Å². The van der Waals surface area contributed by atoms with Crippen LogP contribution in [0.5, 0.6) is 0 Å². The van der Waals surface area contributed by atoms with Crippen LogP contribution in [-0.4, -0.2) is 41.3 Å². The largest absolute Gasteiger partial charge is 0.393 e. The smallest absolute Gasteiger partial charge is 0.0566 e. The van der Waals surface area contributed by atoms with Gasteiger partial charge in [-0.05, 0) is 38.5 Å². The van der Waals surface area contributed by atoms with E-state index in [0.29, 0.717) is 17.9 Å². The third-order valence-corrected chi connectivity index (χ3v) is 3.67. The van der Waals surface area contributed by atoms with Crippen LogP contribution in [0, 0.1) is 11.8 Å². The molecule has 0 bridgehead atoms. The fourth-order valence-corrected chi connectivity index (χ4v) is 2.49. The van der Waals surface area contributed by atoms with E-state index >= 15 is 0 Å². The highest BCUT2D eigenvalue weighted by molar-refractivity contribution is 4.84. The fraction of sp³-hybridized carbons (Fsp3) is 1.00. The van der Waals surface area contributed by atoms with Gasteiger partial charge in [0.15, 0.2) is 0 Å². The van der Waals surface area contributed by atoms with Crippen molar-refractivity contribution in [2.45, 2.75) is 58.7 Å². The maximum absolute atomic E-state index is 9.93.